The fraction of sp³-hybridized carbons (Fsp3) is 0.500. The molecule has 5 heteroatoms. The highest BCUT2D eigenvalue weighted by atomic mass is 35.5. The molecule has 3 nitrogen and oxygen atoms in total. The first kappa shape index (κ1) is 14.7. The van der Waals surface area contributed by atoms with Crippen molar-refractivity contribution in [3.05, 3.63) is 28.8 Å². The Hall–Kier alpha value is -0.710. The zero-order valence-electron chi connectivity index (χ0n) is 11.4. The summed E-state index contributed by atoms with van der Waals surface area (Å²) < 4.78 is 0. The predicted molar refractivity (Wildman–Crippen MR) is 81.2 cm³/mol. The maximum Gasteiger partial charge on any atom is 0.255 e. The van der Waals surface area contributed by atoms with E-state index in [1.54, 1.807) is 17.8 Å². The van der Waals surface area contributed by atoms with Gasteiger partial charge in [-0.3, -0.25) is 4.79 Å². The van der Waals surface area contributed by atoms with Crippen molar-refractivity contribution in [2.45, 2.75) is 30.8 Å². The van der Waals surface area contributed by atoms with Crippen molar-refractivity contribution in [2.75, 3.05) is 19.3 Å². The number of rotatable bonds is 2. The van der Waals surface area contributed by atoms with Gasteiger partial charge in [-0.1, -0.05) is 11.6 Å². The summed E-state index contributed by atoms with van der Waals surface area (Å²) in [5.41, 5.74) is 0.606. The maximum absolute atomic E-state index is 12.6. The van der Waals surface area contributed by atoms with Crippen LogP contribution in [-0.4, -0.2) is 42.2 Å². The predicted octanol–water partition coefficient (Wildman–Crippen LogP) is 2.88. The van der Waals surface area contributed by atoms with Crippen LogP contribution >= 0.6 is 23.4 Å². The lowest BCUT2D eigenvalue weighted by Gasteiger charge is -2.38. The number of amides is 1. The Kier molecular flexibility index (Phi) is 4.76. The van der Waals surface area contributed by atoms with E-state index in [4.69, 9.17) is 11.6 Å². The SMILES string of the molecule is CSc1ccc(Cl)c(C(=O)N2CCNC(C)C2C)c1. The van der Waals surface area contributed by atoms with Gasteiger partial charge in [-0.05, 0) is 38.3 Å². The summed E-state index contributed by atoms with van der Waals surface area (Å²) in [4.78, 5) is 15.6. The first-order chi connectivity index (χ1) is 9.04. The molecule has 1 saturated heterocycles. The minimum atomic E-state index is 0.0294. The maximum atomic E-state index is 12.6. The van der Waals surface area contributed by atoms with Gasteiger partial charge in [0.1, 0.15) is 0 Å². The van der Waals surface area contributed by atoms with Gasteiger partial charge in [0.05, 0.1) is 10.6 Å². The molecule has 1 aliphatic heterocycles. The molecule has 1 aromatic rings. The molecule has 19 heavy (non-hydrogen) atoms. The molecule has 0 spiro atoms. The Morgan fingerprint density at radius 2 is 2.21 bits per heavy atom. The van der Waals surface area contributed by atoms with Crippen molar-refractivity contribution in [3.63, 3.8) is 0 Å². The molecule has 0 radical (unpaired) electrons. The lowest BCUT2D eigenvalue weighted by atomic mass is 10.1. The van der Waals surface area contributed by atoms with E-state index >= 15 is 0 Å². The number of nitrogens with zero attached hydrogens (tertiary/aromatic N) is 1. The Labute approximate surface area is 123 Å². The summed E-state index contributed by atoms with van der Waals surface area (Å²) in [7, 11) is 0. The first-order valence-corrected chi connectivity index (χ1v) is 8.02. The molecular formula is C14H19ClN2OS. The molecule has 2 rings (SSSR count). The molecule has 0 bridgehead atoms. The summed E-state index contributed by atoms with van der Waals surface area (Å²) in [6.07, 6.45) is 1.99. The average Bonchev–Trinajstić information content (AvgIpc) is 2.42. The van der Waals surface area contributed by atoms with Gasteiger partial charge < -0.3 is 10.2 Å². The highest BCUT2D eigenvalue weighted by Crippen LogP contribution is 2.25. The molecule has 1 amide bonds. The van der Waals surface area contributed by atoms with Gasteiger partial charge in [-0.2, -0.15) is 0 Å². The third-order valence-electron chi connectivity index (χ3n) is 3.70. The van der Waals surface area contributed by atoms with Crippen LogP contribution in [0.5, 0.6) is 0 Å². The smallest absolute Gasteiger partial charge is 0.255 e. The minimum Gasteiger partial charge on any atom is -0.333 e. The standard InChI is InChI=1S/C14H19ClN2OS/c1-9-10(2)17(7-6-16-9)14(18)12-8-11(19-3)4-5-13(12)15/h4-5,8-10,16H,6-7H2,1-3H3. The summed E-state index contributed by atoms with van der Waals surface area (Å²) >= 11 is 7.79. The monoisotopic (exact) mass is 298 g/mol. The molecule has 1 fully saturated rings. The summed E-state index contributed by atoms with van der Waals surface area (Å²) in [5, 5.41) is 3.90. The quantitative estimate of drug-likeness (QED) is 0.852. The Bertz CT molecular complexity index is 481. The summed E-state index contributed by atoms with van der Waals surface area (Å²) in [6, 6.07) is 6.11. The summed E-state index contributed by atoms with van der Waals surface area (Å²) in [5.74, 6) is 0.0294. The zero-order chi connectivity index (χ0) is 14.0. The number of carbonyl (C=O) groups is 1. The van der Waals surface area contributed by atoms with Crippen molar-refractivity contribution < 1.29 is 4.79 Å². The topological polar surface area (TPSA) is 32.3 Å². The van der Waals surface area contributed by atoms with Crippen LogP contribution in [-0.2, 0) is 0 Å². The Balaban J connectivity index is 2.28. The van der Waals surface area contributed by atoms with E-state index < -0.39 is 0 Å². The lowest BCUT2D eigenvalue weighted by molar-refractivity contribution is 0.0603. The van der Waals surface area contributed by atoms with Crippen molar-refractivity contribution in [1.82, 2.24) is 10.2 Å². The molecular weight excluding hydrogens is 280 g/mol. The summed E-state index contributed by atoms with van der Waals surface area (Å²) in [6.45, 7) is 5.73. The number of hydrogen-bond donors (Lipinski definition) is 1. The second-order valence-electron chi connectivity index (χ2n) is 4.83. The highest BCUT2D eigenvalue weighted by molar-refractivity contribution is 7.98. The third-order valence-corrected chi connectivity index (χ3v) is 4.75. The van der Waals surface area contributed by atoms with Gasteiger partial charge >= 0.3 is 0 Å². The number of thioether (sulfide) groups is 1. The minimum absolute atomic E-state index is 0.0294. The van der Waals surface area contributed by atoms with Crippen LogP contribution in [0.3, 0.4) is 0 Å². The fourth-order valence-corrected chi connectivity index (χ4v) is 2.93. The number of benzene rings is 1. The molecule has 0 saturated carbocycles. The molecule has 0 aromatic heterocycles. The molecule has 104 valence electrons. The average molecular weight is 299 g/mol. The number of hydrogen-bond acceptors (Lipinski definition) is 3. The van der Waals surface area contributed by atoms with Crippen molar-refractivity contribution in [2.24, 2.45) is 0 Å². The fourth-order valence-electron chi connectivity index (χ4n) is 2.29. The molecule has 0 aliphatic carbocycles. The van der Waals surface area contributed by atoms with Crippen molar-refractivity contribution in [1.29, 1.82) is 0 Å². The zero-order valence-corrected chi connectivity index (χ0v) is 13.0. The number of piperazine rings is 1. The van der Waals surface area contributed by atoms with E-state index in [9.17, 15) is 4.79 Å². The number of nitrogens with one attached hydrogen (secondary N) is 1. The molecule has 2 atom stereocenters. The lowest BCUT2D eigenvalue weighted by Crippen LogP contribution is -2.57. The number of halogens is 1. The van der Waals surface area contributed by atoms with Crippen LogP contribution in [0, 0.1) is 0 Å². The Morgan fingerprint density at radius 1 is 1.47 bits per heavy atom. The number of carbonyl (C=O) groups excluding carboxylic acids is 1. The van der Waals surface area contributed by atoms with E-state index in [2.05, 4.69) is 19.2 Å². The van der Waals surface area contributed by atoms with Crippen LogP contribution in [0.15, 0.2) is 23.1 Å². The Morgan fingerprint density at radius 3 is 2.89 bits per heavy atom. The van der Waals surface area contributed by atoms with Crippen LogP contribution in [0.25, 0.3) is 0 Å². The third kappa shape index (κ3) is 3.07. The van der Waals surface area contributed by atoms with Crippen LogP contribution in [0.1, 0.15) is 24.2 Å². The van der Waals surface area contributed by atoms with Gasteiger partial charge in [0.15, 0.2) is 0 Å². The largest absolute Gasteiger partial charge is 0.333 e. The van der Waals surface area contributed by atoms with Crippen molar-refractivity contribution in [3.8, 4) is 0 Å². The second kappa shape index (κ2) is 6.16. The van der Waals surface area contributed by atoms with Gasteiger partial charge in [0, 0.05) is 30.1 Å². The van der Waals surface area contributed by atoms with Crippen LogP contribution in [0.4, 0.5) is 0 Å². The molecule has 1 heterocycles. The van der Waals surface area contributed by atoms with E-state index in [-0.39, 0.29) is 11.9 Å². The van der Waals surface area contributed by atoms with Crippen LogP contribution < -0.4 is 5.32 Å². The van der Waals surface area contributed by atoms with Gasteiger partial charge in [-0.25, -0.2) is 0 Å². The molecule has 1 aromatic carbocycles. The highest BCUT2D eigenvalue weighted by Gasteiger charge is 2.29. The van der Waals surface area contributed by atoms with E-state index in [1.165, 1.54) is 0 Å². The van der Waals surface area contributed by atoms with Crippen molar-refractivity contribution >= 4 is 29.3 Å². The van der Waals surface area contributed by atoms with Gasteiger partial charge in [0.25, 0.3) is 5.91 Å². The van der Waals surface area contributed by atoms with E-state index in [0.717, 1.165) is 18.0 Å². The van der Waals surface area contributed by atoms with E-state index in [0.29, 0.717) is 16.6 Å². The van der Waals surface area contributed by atoms with Gasteiger partial charge in [-0.15, -0.1) is 11.8 Å². The van der Waals surface area contributed by atoms with Gasteiger partial charge in [0.2, 0.25) is 0 Å². The molecule has 1 N–H and O–H groups in total. The van der Waals surface area contributed by atoms with Crippen LogP contribution in [0.2, 0.25) is 5.02 Å². The molecule has 2 unspecified atom stereocenters. The normalized spacial score (nSPS) is 23.5. The van der Waals surface area contributed by atoms with E-state index in [1.807, 2.05) is 23.3 Å². The first-order valence-electron chi connectivity index (χ1n) is 6.42. The molecule has 1 aliphatic rings. The second-order valence-corrected chi connectivity index (χ2v) is 6.11.